The minimum absolute atomic E-state index is 0.394. The fraction of sp³-hybridized carbons (Fsp3) is 0.500. The summed E-state index contributed by atoms with van der Waals surface area (Å²) in [6.07, 6.45) is 2.59. The molecule has 0 spiro atoms. The maximum atomic E-state index is 11.1. The van der Waals surface area contributed by atoms with Crippen LogP contribution >= 0.6 is 0 Å². The van der Waals surface area contributed by atoms with E-state index in [0.29, 0.717) is 11.6 Å². The number of fused-ring (bicyclic) bond motifs is 4. The van der Waals surface area contributed by atoms with Gasteiger partial charge in [0.25, 0.3) is 0 Å². The van der Waals surface area contributed by atoms with Gasteiger partial charge in [-0.05, 0) is 50.0 Å². The Morgan fingerprint density at radius 1 is 1.32 bits per heavy atom. The maximum absolute atomic E-state index is 11.1. The summed E-state index contributed by atoms with van der Waals surface area (Å²) >= 11 is 0. The molecule has 3 aliphatic heterocycles. The molecule has 0 aliphatic carbocycles. The highest BCUT2D eigenvalue weighted by molar-refractivity contribution is 5.76. The first-order chi connectivity index (χ1) is 9.28. The third-order valence-corrected chi connectivity index (χ3v) is 4.43. The zero-order chi connectivity index (χ0) is 12.8. The Kier molecular flexibility index (Phi) is 2.41. The molecule has 2 N–H and O–H groups in total. The molecule has 5 heteroatoms. The predicted molar refractivity (Wildman–Crippen MR) is 73.4 cm³/mol. The first kappa shape index (κ1) is 11.1. The molecule has 5 rings (SSSR count). The molecule has 2 aromatic rings. The lowest BCUT2D eigenvalue weighted by atomic mass is 9.84. The third-order valence-electron chi connectivity index (χ3n) is 4.43. The van der Waals surface area contributed by atoms with E-state index in [-0.39, 0.29) is 0 Å². The number of aromatic amines is 1. The molecule has 2 bridgehead atoms. The average molecular weight is 259 g/mol. The second-order valence-electron chi connectivity index (χ2n) is 5.61. The Balaban J connectivity index is 1.59. The Morgan fingerprint density at radius 2 is 2.16 bits per heavy atom. The van der Waals surface area contributed by atoms with Crippen LogP contribution < -0.4 is 11.1 Å². The smallest absolute Gasteiger partial charge is 0.408 e. The molecule has 3 fully saturated rings. The average Bonchev–Trinajstić information content (AvgIpc) is 2.79. The van der Waals surface area contributed by atoms with Gasteiger partial charge in [0, 0.05) is 18.3 Å². The lowest BCUT2D eigenvalue weighted by Gasteiger charge is -2.45. The quantitative estimate of drug-likeness (QED) is 0.860. The Hall–Kier alpha value is -1.75. The fourth-order valence-electron chi connectivity index (χ4n) is 3.38. The Labute approximate surface area is 110 Å². The van der Waals surface area contributed by atoms with Crippen LogP contribution in [0.5, 0.6) is 0 Å². The minimum Gasteiger partial charge on any atom is -0.408 e. The van der Waals surface area contributed by atoms with Gasteiger partial charge in [-0.25, -0.2) is 4.79 Å². The molecular formula is C14H17N3O2. The Morgan fingerprint density at radius 3 is 2.89 bits per heavy atom. The zero-order valence-electron chi connectivity index (χ0n) is 10.7. The first-order valence-corrected chi connectivity index (χ1v) is 6.90. The van der Waals surface area contributed by atoms with Crippen LogP contribution in [0.25, 0.3) is 11.1 Å². The fourth-order valence-corrected chi connectivity index (χ4v) is 3.38. The van der Waals surface area contributed by atoms with Crippen molar-refractivity contribution in [2.24, 2.45) is 5.92 Å². The molecule has 19 heavy (non-hydrogen) atoms. The molecule has 5 nitrogen and oxygen atoms in total. The highest BCUT2D eigenvalue weighted by Gasteiger charge is 2.33. The Bertz CT molecular complexity index is 652. The first-order valence-electron chi connectivity index (χ1n) is 6.90. The number of piperidine rings is 3. The number of nitrogens with zero attached hydrogens (tertiary/aromatic N) is 1. The summed E-state index contributed by atoms with van der Waals surface area (Å²) in [5.41, 5.74) is 2.43. The van der Waals surface area contributed by atoms with Crippen LogP contribution in [0, 0.1) is 5.92 Å². The SMILES string of the molecule is O=c1[nH]c2cc(NC3CN4CCC3CC4)ccc2o1. The summed E-state index contributed by atoms with van der Waals surface area (Å²) in [5.74, 6) is 0.388. The van der Waals surface area contributed by atoms with E-state index < -0.39 is 5.76 Å². The van der Waals surface area contributed by atoms with Gasteiger partial charge in [0.1, 0.15) is 0 Å². The number of oxazole rings is 1. The number of hydrogen-bond donors (Lipinski definition) is 2. The minimum atomic E-state index is -0.394. The van der Waals surface area contributed by atoms with Gasteiger partial charge in [0.05, 0.1) is 5.52 Å². The molecule has 1 aromatic heterocycles. The molecule has 0 saturated carbocycles. The normalized spacial score (nSPS) is 29.8. The van der Waals surface area contributed by atoms with Crippen molar-refractivity contribution in [3.8, 4) is 0 Å². The highest BCUT2D eigenvalue weighted by Crippen LogP contribution is 2.30. The van der Waals surface area contributed by atoms with Gasteiger partial charge in [0.15, 0.2) is 5.58 Å². The largest absolute Gasteiger partial charge is 0.417 e. The van der Waals surface area contributed by atoms with Crippen LogP contribution in [0.15, 0.2) is 27.4 Å². The van der Waals surface area contributed by atoms with Gasteiger partial charge in [0.2, 0.25) is 0 Å². The highest BCUT2D eigenvalue weighted by atomic mass is 16.4. The zero-order valence-corrected chi connectivity index (χ0v) is 10.7. The second kappa shape index (κ2) is 4.13. The van der Waals surface area contributed by atoms with Gasteiger partial charge < -0.3 is 14.6 Å². The van der Waals surface area contributed by atoms with Crippen molar-refractivity contribution in [2.75, 3.05) is 25.0 Å². The standard InChI is InChI=1S/C14H17N3O2/c18-14-16-11-7-10(1-2-13(11)19-14)15-12-8-17-5-3-9(12)4-6-17/h1-2,7,9,12,15H,3-6,8H2,(H,16,18). The molecule has 3 aliphatic rings. The van der Waals surface area contributed by atoms with Crippen LogP contribution in [0.3, 0.4) is 0 Å². The van der Waals surface area contributed by atoms with Gasteiger partial charge in [-0.1, -0.05) is 0 Å². The second-order valence-corrected chi connectivity index (χ2v) is 5.61. The van der Waals surface area contributed by atoms with Crippen molar-refractivity contribution in [3.63, 3.8) is 0 Å². The number of anilines is 1. The number of rotatable bonds is 2. The lowest BCUT2D eigenvalue weighted by Crippen LogP contribution is -2.53. The summed E-state index contributed by atoms with van der Waals surface area (Å²) in [6.45, 7) is 3.62. The van der Waals surface area contributed by atoms with Crippen molar-refractivity contribution in [3.05, 3.63) is 28.7 Å². The molecule has 3 saturated heterocycles. The maximum Gasteiger partial charge on any atom is 0.417 e. The van der Waals surface area contributed by atoms with E-state index >= 15 is 0 Å². The molecule has 1 aromatic carbocycles. The number of hydrogen-bond acceptors (Lipinski definition) is 4. The number of benzene rings is 1. The summed E-state index contributed by atoms with van der Waals surface area (Å²) in [7, 11) is 0. The van der Waals surface area contributed by atoms with Gasteiger partial charge in [-0.3, -0.25) is 4.98 Å². The van der Waals surface area contributed by atoms with E-state index in [1.807, 2.05) is 18.2 Å². The summed E-state index contributed by atoms with van der Waals surface area (Å²) in [6, 6.07) is 6.31. The molecule has 0 radical (unpaired) electrons. The van der Waals surface area contributed by atoms with Crippen LogP contribution in [0.2, 0.25) is 0 Å². The van der Waals surface area contributed by atoms with Crippen LogP contribution in [0.4, 0.5) is 5.69 Å². The van der Waals surface area contributed by atoms with E-state index in [4.69, 9.17) is 4.42 Å². The van der Waals surface area contributed by atoms with Crippen molar-refractivity contribution >= 4 is 16.8 Å². The molecule has 0 amide bonds. The van der Waals surface area contributed by atoms with Crippen molar-refractivity contribution in [1.29, 1.82) is 0 Å². The monoisotopic (exact) mass is 259 g/mol. The van der Waals surface area contributed by atoms with Crippen LogP contribution in [-0.2, 0) is 0 Å². The molecular weight excluding hydrogens is 242 g/mol. The summed E-state index contributed by atoms with van der Waals surface area (Å²) in [5, 5.41) is 3.61. The molecule has 4 heterocycles. The van der Waals surface area contributed by atoms with E-state index in [9.17, 15) is 4.79 Å². The van der Waals surface area contributed by atoms with Gasteiger partial charge >= 0.3 is 5.76 Å². The molecule has 100 valence electrons. The summed E-state index contributed by atoms with van der Waals surface area (Å²) in [4.78, 5) is 16.4. The number of nitrogens with one attached hydrogen (secondary N) is 2. The van der Waals surface area contributed by atoms with E-state index in [1.165, 1.54) is 25.9 Å². The van der Waals surface area contributed by atoms with Crippen LogP contribution in [-0.4, -0.2) is 35.6 Å². The third kappa shape index (κ3) is 1.94. The molecule has 1 unspecified atom stereocenters. The van der Waals surface area contributed by atoms with Crippen molar-refractivity contribution in [1.82, 2.24) is 9.88 Å². The predicted octanol–water partition coefficient (Wildman–Crippen LogP) is 1.63. The topological polar surface area (TPSA) is 61.3 Å². The lowest BCUT2D eigenvalue weighted by molar-refractivity contribution is 0.0975. The van der Waals surface area contributed by atoms with E-state index in [0.717, 1.165) is 23.7 Å². The van der Waals surface area contributed by atoms with Crippen molar-refractivity contribution < 1.29 is 4.42 Å². The van der Waals surface area contributed by atoms with E-state index in [2.05, 4.69) is 15.2 Å². The van der Waals surface area contributed by atoms with Crippen molar-refractivity contribution in [2.45, 2.75) is 18.9 Å². The van der Waals surface area contributed by atoms with Gasteiger partial charge in [-0.2, -0.15) is 0 Å². The van der Waals surface area contributed by atoms with Crippen LogP contribution in [0.1, 0.15) is 12.8 Å². The molecule has 1 atom stereocenters. The number of aromatic nitrogens is 1. The summed E-state index contributed by atoms with van der Waals surface area (Å²) < 4.78 is 5.02. The van der Waals surface area contributed by atoms with E-state index in [1.54, 1.807) is 0 Å². The van der Waals surface area contributed by atoms with Gasteiger partial charge in [-0.15, -0.1) is 0 Å². The number of H-pyrrole nitrogens is 1.